The van der Waals surface area contributed by atoms with Crippen molar-refractivity contribution in [3.63, 3.8) is 0 Å². The van der Waals surface area contributed by atoms with E-state index in [9.17, 15) is 14.4 Å². The van der Waals surface area contributed by atoms with Crippen molar-refractivity contribution < 1.29 is 19.4 Å². The molecular formula is C16H16N2O5. The van der Waals surface area contributed by atoms with Gasteiger partial charge in [0.15, 0.2) is 6.10 Å². The van der Waals surface area contributed by atoms with Crippen LogP contribution in [0.2, 0.25) is 0 Å². The van der Waals surface area contributed by atoms with Crippen molar-refractivity contribution >= 4 is 22.8 Å². The van der Waals surface area contributed by atoms with Crippen LogP contribution in [0.15, 0.2) is 35.1 Å². The first-order valence-electron chi connectivity index (χ1n) is 7.25. The van der Waals surface area contributed by atoms with E-state index in [1.54, 1.807) is 31.2 Å². The smallest absolute Gasteiger partial charge is 0.334 e. The first-order chi connectivity index (χ1) is 11.0. The molecule has 2 aromatic rings. The Morgan fingerprint density at radius 1 is 1.30 bits per heavy atom. The fourth-order valence-electron chi connectivity index (χ4n) is 2.81. The van der Waals surface area contributed by atoms with E-state index in [1.807, 2.05) is 0 Å². The molecule has 0 saturated carbocycles. The number of fused-ring (bicyclic) bond motifs is 1. The Balaban J connectivity index is 2.00. The average molecular weight is 316 g/mol. The van der Waals surface area contributed by atoms with Crippen molar-refractivity contribution in [1.82, 2.24) is 9.88 Å². The quantitative estimate of drug-likeness (QED) is 0.855. The van der Waals surface area contributed by atoms with Crippen molar-refractivity contribution in [2.45, 2.75) is 19.1 Å². The van der Waals surface area contributed by atoms with Crippen LogP contribution in [-0.2, 0) is 9.53 Å². The van der Waals surface area contributed by atoms with Gasteiger partial charge in [0.2, 0.25) is 5.56 Å². The van der Waals surface area contributed by atoms with E-state index in [2.05, 4.69) is 4.98 Å². The van der Waals surface area contributed by atoms with Crippen molar-refractivity contribution in [2.24, 2.45) is 0 Å². The van der Waals surface area contributed by atoms with Gasteiger partial charge in [-0.15, -0.1) is 0 Å². The van der Waals surface area contributed by atoms with Crippen molar-refractivity contribution in [3.05, 3.63) is 46.2 Å². The Bertz CT molecular complexity index is 829. The van der Waals surface area contributed by atoms with Gasteiger partial charge in [-0.3, -0.25) is 9.59 Å². The summed E-state index contributed by atoms with van der Waals surface area (Å²) in [6.07, 6.45) is -1.45. The summed E-state index contributed by atoms with van der Waals surface area (Å²) in [7, 11) is 0. The minimum absolute atomic E-state index is 0.0420. The van der Waals surface area contributed by atoms with Gasteiger partial charge in [-0.05, 0) is 13.0 Å². The fraction of sp³-hybridized carbons (Fsp3) is 0.312. The number of aliphatic carboxylic acids is 1. The van der Waals surface area contributed by atoms with Crippen LogP contribution in [0, 0.1) is 0 Å². The maximum absolute atomic E-state index is 12.8. The lowest BCUT2D eigenvalue weighted by Crippen LogP contribution is -2.51. The normalized spacial score (nSPS) is 21.3. The highest BCUT2D eigenvalue weighted by Gasteiger charge is 2.33. The molecule has 2 heterocycles. The number of amides is 1. The Hall–Kier alpha value is -2.67. The molecule has 0 spiro atoms. The predicted molar refractivity (Wildman–Crippen MR) is 82.4 cm³/mol. The number of hydrogen-bond acceptors (Lipinski definition) is 4. The molecule has 1 aromatic heterocycles. The third-order valence-corrected chi connectivity index (χ3v) is 3.80. The lowest BCUT2D eigenvalue weighted by Gasteiger charge is -2.35. The number of nitrogens with one attached hydrogen (secondary N) is 1. The number of morpholine rings is 1. The highest BCUT2D eigenvalue weighted by Crippen LogP contribution is 2.19. The number of nitrogens with zero attached hydrogens (tertiary/aromatic N) is 1. The number of carboxylic acids is 1. The SMILES string of the molecule is C[C@@H]1CN(C(=O)c2cc(=O)[nH]c3ccccc23)CC(C(=O)O)O1. The maximum atomic E-state index is 12.8. The largest absolute Gasteiger partial charge is 0.479 e. The minimum Gasteiger partial charge on any atom is -0.479 e. The number of ether oxygens (including phenoxy) is 1. The van der Waals surface area contributed by atoms with Gasteiger partial charge in [-0.2, -0.15) is 0 Å². The van der Waals surface area contributed by atoms with E-state index >= 15 is 0 Å². The lowest BCUT2D eigenvalue weighted by molar-refractivity contribution is -0.160. The summed E-state index contributed by atoms with van der Waals surface area (Å²) in [4.78, 5) is 39.8. The maximum Gasteiger partial charge on any atom is 0.334 e. The van der Waals surface area contributed by atoms with Gasteiger partial charge < -0.3 is 19.7 Å². The van der Waals surface area contributed by atoms with E-state index in [-0.39, 0.29) is 36.2 Å². The van der Waals surface area contributed by atoms with Crippen LogP contribution in [-0.4, -0.2) is 52.2 Å². The molecular weight excluding hydrogens is 300 g/mol. The highest BCUT2D eigenvalue weighted by atomic mass is 16.5. The van der Waals surface area contributed by atoms with Gasteiger partial charge in [0.1, 0.15) is 0 Å². The minimum atomic E-state index is -1.11. The van der Waals surface area contributed by atoms with Crippen molar-refractivity contribution in [2.75, 3.05) is 13.1 Å². The summed E-state index contributed by atoms with van der Waals surface area (Å²) >= 11 is 0. The summed E-state index contributed by atoms with van der Waals surface area (Å²) in [5.41, 5.74) is 0.463. The van der Waals surface area contributed by atoms with Gasteiger partial charge in [-0.1, -0.05) is 18.2 Å². The van der Waals surface area contributed by atoms with Crippen LogP contribution in [0.3, 0.4) is 0 Å². The number of benzene rings is 1. The summed E-state index contributed by atoms with van der Waals surface area (Å²) < 4.78 is 5.31. The molecule has 120 valence electrons. The van der Waals surface area contributed by atoms with E-state index in [1.165, 1.54) is 11.0 Å². The predicted octanol–water partition coefficient (Wildman–Crippen LogP) is 0.842. The first-order valence-corrected chi connectivity index (χ1v) is 7.25. The molecule has 3 rings (SSSR count). The first kappa shape index (κ1) is 15.2. The third-order valence-electron chi connectivity index (χ3n) is 3.80. The molecule has 1 unspecified atom stereocenters. The van der Waals surface area contributed by atoms with Crippen molar-refractivity contribution in [1.29, 1.82) is 0 Å². The van der Waals surface area contributed by atoms with Crippen LogP contribution in [0.25, 0.3) is 10.9 Å². The molecule has 1 fully saturated rings. The molecule has 2 atom stereocenters. The molecule has 7 heteroatoms. The number of H-pyrrole nitrogens is 1. The zero-order valence-electron chi connectivity index (χ0n) is 12.5. The number of aromatic amines is 1. The number of aromatic nitrogens is 1. The Labute approximate surface area is 131 Å². The summed E-state index contributed by atoms with van der Waals surface area (Å²) in [5, 5.41) is 9.75. The Morgan fingerprint density at radius 3 is 2.78 bits per heavy atom. The molecule has 1 saturated heterocycles. The number of carbonyl (C=O) groups is 2. The van der Waals surface area contributed by atoms with Crippen molar-refractivity contribution in [3.8, 4) is 0 Å². The van der Waals surface area contributed by atoms with Gasteiger partial charge >= 0.3 is 5.97 Å². The third kappa shape index (κ3) is 2.95. The zero-order chi connectivity index (χ0) is 16.6. The Kier molecular flexibility index (Phi) is 3.87. The summed E-state index contributed by atoms with van der Waals surface area (Å²) in [6, 6.07) is 8.26. The highest BCUT2D eigenvalue weighted by molar-refractivity contribution is 6.06. The van der Waals surface area contributed by atoms with Gasteiger partial charge in [-0.25, -0.2) is 4.79 Å². The molecule has 0 aliphatic carbocycles. The molecule has 7 nitrogen and oxygen atoms in total. The monoisotopic (exact) mass is 316 g/mol. The fourth-order valence-corrected chi connectivity index (χ4v) is 2.81. The molecule has 2 N–H and O–H groups in total. The topological polar surface area (TPSA) is 99.7 Å². The zero-order valence-corrected chi connectivity index (χ0v) is 12.5. The number of para-hydroxylation sites is 1. The van der Waals surface area contributed by atoms with Crippen LogP contribution < -0.4 is 5.56 Å². The standard InChI is InChI=1S/C16H16N2O5/c1-9-7-18(8-13(23-9)16(21)22)15(20)11-6-14(19)17-12-5-3-2-4-10(11)12/h2-6,9,13H,7-8H2,1H3,(H,17,19)(H,21,22)/t9-,13?/m1/s1. The second kappa shape index (κ2) is 5.85. The van der Waals surface area contributed by atoms with Crippen LogP contribution in [0.5, 0.6) is 0 Å². The molecule has 1 amide bonds. The molecule has 23 heavy (non-hydrogen) atoms. The van der Waals surface area contributed by atoms with Gasteiger partial charge in [0.25, 0.3) is 5.91 Å². The Morgan fingerprint density at radius 2 is 2.04 bits per heavy atom. The lowest BCUT2D eigenvalue weighted by atomic mass is 10.1. The number of hydrogen-bond donors (Lipinski definition) is 2. The number of carboxylic acid groups (broad SMARTS) is 1. The van der Waals surface area contributed by atoms with E-state index < -0.39 is 12.1 Å². The average Bonchev–Trinajstić information content (AvgIpc) is 2.52. The second-order valence-electron chi connectivity index (χ2n) is 5.58. The second-order valence-corrected chi connectivity index (χ2v) is 5.58. The van der Waals surface area contributed by atoms with Gasteiger partial charge in [0, 0.05) is 23.5 Å². The molecule has 1 aliphatic rings. The number of rotatable bonds is 2. The van der Waals surface area contributed by atoms with E-state index in [4.69, 9.17) is 9.84 Å². The summed E-state index contributed by atoms with van der Waals surface area (Å²) in [6.45, 7) is 1.95. The summed E-state index contributed by atoms with van der Waals surface area (Å²) in [5.74, 6) is -1.47. The molecule has 0 radical (unpaired) electrons. The van der Waals surface area contributed by atoms with E-state index in [0.29, 0.717) is 10.9 Å². The van der Waals surface area contributed by atoms with Crippen LogP contribution in [0.1, 0.15) is 17.3 Å². The van der Waals surface area contributed by atoms with E-state index in [0.717, 1.165) is 0 Å². The van der Waals surface area contributed by atoms with Crippen LogP contribution in [0.4, 0.5) is 0 Å². The molecule has 1 aromatic carbocycles. The molecule has 1 aliphatic heterocycles. The van der Waals surface area contributed by atoms with Gasteiger partial charge in [0.05, 0.1) is 18.2 Å². The van der Waals surface area contributed by atoms with Crippen LogP contribution >= 0.6 is 0 Å². The number of carbonyl (C=O) groups excluding carboxylic acids is 1. The molecule has 0 bridgehead atoms. The number of pyridine rings is 1.